The van der Waals surface area contributed by atoms with E-state index in [9.17, 15) is 54.9 Å². The van der Waals surface area contributed by atoms with Gasteiger partial charge in [-0.05, 0) is 43.5 Å². The molecule has 290 valence electrons. The molecule has 0 aromatic heterocycles. The molecule has 1 fully saturated rings. The molecule has 8 N–H and O–H groups in total. The highest BCUT2D eigenvalue weighted by Crippen LogP contribution is 2.56. The van der Waals surface area contributed by atoms with E-state index in [1.807, 2.05) is 0 Å². The Morgan fingerprint density at radius 3 is 2.35 bits per heavy atom. The summed E-state index contributed by atoms with van der Waals surface area (Å²) in [5.41, 5.74) is -9.26. The molecule has 0 radical (unpaired) electrons. The van der Waals surface area contributed by atoms with Gasteiger partial charge in [-0.1, -0.05) is 6.07 Å². The Hall–Kier alpha value is -4.59. The third-order valence-corrected chi connectivity index (χ3v) is 10.9. The Kier molecular flexibility index (Phi) is 10.3. The highest BCUT2D eigenvalue weighted by Gasteiger charge is 2.72. The molecule has 0 bridgehead atoms. The maximum atomic E-state index is 14.8. The summed E-state index contributed by atoms with van der Waals surface area (Å²) in [4.78, 5) is 61.0. The lowest BCUT2D eigenvalue weighted by molar-refractivity contribution is -0.214. The molecule has 17 nitrogen and oxygen atoms in total. The summed E-state index contributed by atoms with van der Waals surface area (Å²) >= 11 is 0. The molecule has 0 unspecified atom stereocenters. The lowest BCUT2D eigenvalue weighted by Gasteiger charge is -2.53. The first-order valence-corrected chi connectivity index (χ1v) is 17.2. The molecule has 6 rings (SSSR count). The second-order valence-corrected chi connectivity index (χ2v) is 13.7. The second-order valence-electron chi connectivity index (χ2n) is 13.7. The number of hydrogen-bond donors (Lipinski definition) is 8. The number of ether oxygens (including phenoxy) is 4. The Balaban J connectivity index is 1.56. The zero-order valence-electron chi connectivity index (χ0n) is 30.1. The molecule has 1 saturated heterocycles. The van der Waals surface area contributed by atoms with Gasteiger partial charge in [0.1, 0.15) is 29.4 Å². The first kappa shape index (κ1) is 39.1. The fraction of sp³-hybridized carbons (Fsp3) is 0.486. The number of aliphatic hydroxyl groups is 5. The molecule has 0 saturated carbocycles. The van der Waals surface area contributed by atoms with Crippen molar-refractivity contribution in [1.82, 2.24) is 5.32 Å². The van der Waals surface area contributed by atoms with Crippen molar-refractivity contribution in [2.75, 3.05) is 41.1 Å². The number of carbonyl (C=O) groups is 4. The number of rotatable bonds is 9. The number of aliphatic hydroxyl groups excluding tert-OH is 4. The molecular weight excluding hydrogens is 712 g/mol. The van der Waals surface area contributed by atoms with Gasteiger partial charge in [0.25, 0.3) is 0 Å². The number of fused-ring (bicyclic) bond motifs is 5. The van der Waals surface area contributed by atoms with E-state index in [1.54, 1.807) is 6.92 Å². The van der Waals surface area contributed by atoms with Crippen LogP contribution in [0, 0.1) is 12.8 Å². The number of nitrogens with zero attached hydrogens (tertiary/aromatic N) is 1. The summed E-state index contributed by atoms with van der Waals surface area (Å²) < 4.78 is 21.7. The van der Waals surface area contributed by atoms with Gasteiger partial charge in [0, 0.05) is 50.5 Å². The van der Waals surface area contributed by atoms with Crippen molar-refractivity contribution in [1.29, 1.82) is 0 Å². The normalized spacial score (nSPS) is 31.0. The summed E-state index contributed by atoms with van der Waals surface area (Å²) in [5.74, 6) is -7.31. The summed E-state index contributed by atoms with van der Waals surface area (Å²) in [7, 11) is 3.37. The number of benzene rings is 2. The van der Waals surface area contributed by atoms with E-state index < -0.39 is 118 Å². The van der Waals surface area contributed by atoms with Gasteiger partial charge in [-0.25, -0.2) is 4.79 Å². The van der Waals surface area contributed by atoms with Gasteiger partial charge in [-0.3, -0.25) is 19.4 Å². The molecule has 2 aromatic rings. The Bertz CT molecular complexity index is 2010. The molecule has 3 aliphatic carbocycles. The number of Topliss-reactive ketones (excluding diaryl/α,β-unsaturated/α-hetero) is 3. The topological polar surface area (TPSA) is 271 Å². The van der Waals surface area contributed by atoms with E-state index in [0.717, 1.165) is 20.3 Å². The smallest absolute Gasteiger partial charge is 0.341 e. The third kappa shape index (κ3) is 5.33. The number of methoxy groups -OCH3 is 3. The first-order valence-electron chi connectivity index (χ1n) is 17.2. The van der Waals surface area contributed by atoms with Crippen LogP contribution in [0.25, 0.3) is 0 Å². The van der Waals surface area contributed by atoms with E-state index in [0.29, 0.717) is 0 Å². The highest BCUT2D eigenvalue weighted by atomic mass is 16.6. The monoisotopic (exact) mass is 754 g/mol. The predicted molar refractivity (Wildman–Crippen MR) is 185 cm³/mol. The number of phenolic OH excluding ortho intramolecular Hbond substituents is 2. The molecule has 1 aliphatic heterocycles. The molecule has 54 heavy (non-hydrogen) atoms. The molecule has 8 atom stereocenters. The minimum atomic E-state index is -3.22. The number of aromatic hydroxyl groups is 2. The van der Waals surface area contributed by atoms with Crippen LogP contribution in [0.2, 0.25) is 0 Å². The zero-order chi connectivity index (χ0) is 39.6. The second kappa shape index (κ2) is 14.2. The van der Waals surface area contributed by atoms with Crippen molar-refractivity contribution in [2.45, 2.75) is 68.5 Å². The van der Waals surface area contributed by atoms with Gasteiger partial charge in [0.2, 0.25) is 17.3 Å². The number of hydrogen-bond acceptors (Lipinski definition) is 17. The lowest BCUT2D eigenvalue weighted by Crippen LogP contribution is -2.73. The number of allylic oxidation sites excluding steroid dienone is 2. The van der Waals surface area contributed by atoms with Crippen LogP contribution in [0.3, 0.4) is 0 Å². The average Bonchev–Trinajstić information content (AvgIpc) is 3.12. The fourth-order valence-electron chi connectivity index (χ4n) is 8.30. The highest BCUT2D eigenvalue weighted by molar-refractivity contribution is 6.31. The van der Waals surface area contributed by atoms with Crippen LogP contribution in [-0.2, 0) is 31.0 Å². The van der Waals surface area contributed by atoms with Gasteiger partial charge in [-0.2, -0.15) is 0 Å². The van der Waals surface area contributed by atoms with Gasteiger partial charge in [0.05, 0.1) is 60.5 Å². The largest absolute Gasteiger partial charge is 0.507 e. The minimum absolute atomic E-state index is 0.00829. The van der Waals surface area contributed by atoms with E-state index in [-0.39, 0.29) is 53.2 Å². The number of aliphatic imine (C=N–C) groups is 1. The van der Waals surface area contributed by atoms with Crippen LogP contribution in [0.4, 0.5) is 0 Å². The van der Waals surface area contributed by atoms with Crippen molar-refractivity contribution in [3.05, 3.63) is 68.4 Å². The van der Waals surface area contributed by atoms with Gasteiger partial charge >= 0.3 is 5.97 Å². The van der Waals surface area contributed by atoms with Crippen molar-refractivity contribution in [2.24, 2.45) is 10.9 Å². The quantitative estimate of drug-likeness (QED) is 0.117. The van der Waals surface area contributed by atoms with Crippen LogP contribution in [0.5, 0.6) is 11.5 Å². The van der Waals surface area contributed by atoms with E-state index >= 15 is 0 Å². The van der Waals surface area contributed by atoms with Crippen LogP contribution < -0.4 is 5.32 Å². The SMILES string of the molecule is COC(=O)c1c(C)cc2c(c1O)[C@]1(O)C(=O)c3cc4c(c(O)c3C(=O)[C@]1(OC)[C@H](O)C2)C(=NCCCO)C=C(N[C@H]1O[C@@H](C)[C@H](OC)[C@@H](O)[C@H]1CO)C4=O. The van der Waals surface area contributed by atoms with Gasteiger partial charge in [-0.15, -0.1) is 0 Å². The third-order valence-electron chi connectivity index (χ3n) is 10.9. The van der Waals surface area contributed by atoms with Gasteiger partial charge in [0.15, 0.2) is 11.2 Å². The zero-order valence-corrected chi connectivity index (χ0v) is 30.1. The van der Waals surface area contributed by atoms with Crippen molar-refractivity contribution in [3.8, 4) is 11.5 Å². The Labute approximate surface area is 308 Å². The number of ketones is 3. The van der Waals surface area contributed by atoms with Crippen molar-refractivity contribution >= 4 is 29.0 Å². The number of carbonyl (C=O) groups excluding carboxylic acids is 4. The number of nitrogens with one attached hydrogen (secondary N) is 1. The predicted octanol–water partition coefficient (Wildman–Crippen LogP) is -0.668. The Morgan fingerprint density at radius 1 is 1.04 bits per heavy atom. The van der Waals surface area contributed by atoms with Crippen LogP contribution >= 0.6 is 0 Å². The molecular formula is C37H42N2O15. The van der Waals surface area contributed by atoms with E-state index in [1.165, 1.54) is 26.2 Å². The Morgan fingerprint density at radius 2 is 1.74 bits per heavy atom. The summed E-state index contributed by atoms with van der Waals surface area (Å²) in [6.07, 6.45) is -4.87. The molecule has 1 heterocycles. The lowest BCUT2D eigenvalue weighted by atomic mass is 9.56. The molecule has 2 aromatic carbocycles. The standard InChI is InChI=1S/C37H42N2O15/c1-14-9-16-10-22(42)37(53-5)33(48)25-18(32(47)36(37,50)26(16)30(46)23(14)35(49)52-4)11-17-24(29(25)45)20(38-7-6-8-40)12-21(27(17)43)39-34-19(13-41)28(44)31(51-3)15(2)54-34/h9,11-12,15,19,22,28,31,34,39-42,44-46,50H,6-8,10,13H2,1-5H3/t15-,19+,22+,28-,31-,34-,36-,37+/m0/s1. The van der Waals surface area contributed by atoms with Crippen molar-refractivity contribution in [3.63, 3.8) is 0 Å². The maximum Gasteiger partial charge on any atom is 0.341 e. The summed E-state index contributed by atoms with van der Waals surface area (Å²) in [6, 6.07) is 2.32. The van der Waals surface area contributed by atoms with Crippen LogP contribution in [-0.4, -0.2) is 142 Å². The number of aryl methyl sites for hydroxylation is 1. The molecule has 0 spiro atoms. The number of esters is 1. The minimum Gasteiger partial charge on any atom is -0.507 e. The van der Waals surface area contributed by atoms with E-state index in [2.05, 4.69) is 10.3 Å². The number of phenols is 2. The molecule has 17 heteroatoms. The van der Waals surface area contributed by atoms with E-state index in [4.69, 9.17) is 18.9 Å². The summed E-state index contributed by atoms with van der Waals surface area (Å²) in [5, 5.41) is 81.0. The molecule has 4 aliphatic rings. The maximum absolute atomic E-state index is 14.8. The van der Waals surface area contributed by atoms with Crippen molar-refractivity contribution < 1.29 is 73.9 Å². The van der Waals surface area contributed by atoms with Gasteiger partial charge < -0.3 is 60.0 Å². The first-order chi connectivity index (χ1) is 25.6. The fourth-order valence-corrected chi connectivity index (χ4v) is 8.30. The van der Waals surface area contributed by atoms with Crippen LogP contribution in [0.1, 0.15) is 77.0 Å². The molecule has 0 amide bonds. The van der Waals surface area contributed by atoms with Crippen LogP contribution in [0.15, 0.2) is 28.9 Å². The average molecular weight is 755 g/mol. The summed E-state index contributed by atoms with van der Waals surface area (Å²) in [6.45, 7) is 2.22.